The Hall–Kier alpha value is -1.26. The van der Waals surface area contributed by atoms with Crippen molar-refractivity contribution in [3.63, 3.8) is 0 Å². The van der Waals surface area contributed by atoms with Crippen molar-refractivity contribution in [1.29, 1.82) is 0 Å². The highest BCUT2D eigenvalue weighted by molar-refractivity contribution is 5.41. The van der Waals surface area contributed by atoms with E-state index < -0.39 is 0 Å². The second-order valence-electron chi connectivity index (χ2n) is 5.26. The van der Waals surface area contributed by atoms with Gasteiger partial charge < -0.3 is 15.2 Å². The van der Waals surface area contributed by atoms with Crippen LogP contribution < -0.4 is 10.5 Å². The first-order valence-corrected chi connectivity index (χ1v) is 6.92. The number of likely N-dealkylation sites (tertiary alicyclic amines) is 1. The zero-order valence-electron chi connectivity index (χ0n) is 11.8. The van der Waals surface area contributed by atoms with E-state index in [9.17, 15) is 0 Å². The van der Waals surface area contributed by atoms with Gasteiger partial charge in [0, 0.05) is 25.9 Å². The van der Waals surface area contributed by atoms with Gasteiger partial charge in [0.1, 0.15) is 12.4 Å². The van der Waals surface area contributed by atoms with Crippen LogP contribution in [0.15, 0.2) is 24.3 Å². The largest absolute Gasteiger partial charge is 0.492 e. The maximum Gasteiger partial charge on any atom is 0.119 e. The Labute approximate surface area is 115 Å². The fourth-order valence-corrected chi connectivity index (χ4v) is 2.46. The molecule has 1 aromatic rings. The number of piperidine rings is 1. The molecule has 0 saturated carbocycles. The molecule has 0 aromatic heterocycles. The molecule has 19 heavy (non-hydrogen) atoms. The van der Waals surface area contributed by atoms with Gasteiger partial charge in [-0.15, -0.1) is 0 Å². The molecule has 0 spiro atoms. The summed E-state index contributed by atoms with van der Waals surface area (Å²) in [6.07, 6.45) is 1.55. The minimum atomic E-state index is 0.352. The minimum absolute atomic E-state index is 0.352. The van der Waals surface area contributed by atoms with Crippen molar-refractivity contribution >= 4 is 5.69 Å². The summed E-state index contributed by atoms with van der Waals surface area (Å²) >= 11 is 0. The van der Waals surface area contributed by atoms with Crippen molar-refractivity contribution in [1.82, 2.24) is 4.90 Å². The number of benzene rings is 1. The smallest absolute Gasteiger partial charge is 0.119 e. The Morgan fingerprint density at radius 3 is 2.74 bits per heavy atom. The quantitative estimate of drug-likeness (QED) is 0.826. The van der Waals surface area contributed by atoms with Gasteiger partial charge in [-0.2, -0.15) is 0 Å². The number of nitrogen functional groups attached to an aromatic ring is 1. The van der Waals surface area contributed by atoms with Gasteiger partial charge in [0.05, 0.1) is 6.10 Å². The Bertz CT molecular complexity index is 380. The SMILES string of the molecule is COC1CN(CCOc2ccc(N)cc2)CCC1C. The van der Waals surface area contributed by atoms with Crippen LogP contribution in [0.4, 0.5) is 5.69 Å². The molecule has 0 bridgehead atoms. The highest BCUT2D eigenvalue weighted by atomic mass is 16.5. The van der Waals surface area contributed by atoms with Crippen molar-refractivity contribution in [2.24, 2.45) is 5.92 Å². The first-order valence-electron chi connectivity index (χ1n) is 6.92. The van der Waals surface area contributed by atoms with Crippen LogP contribution in [0, 0.1) is 5.92 Å². The van der Waals surface area contributed by atoms with E-state index in [0.29, 0.717) is 18.6 Å². The molecule has 4 nitrogen and oxygen atoms in total. The van der Waals surface area contributed by atoms with Gasteiger partial charge in [-0.25, -0.2) is 0 Å². The molecule has 2 N–H and O–H groups in total. The van der Waals surface area contributed by atoms with E-state index in [-0.39, 0.29) is 0 Å². The Morgan fingerprint density at radius 1 is 1.32 bits per heavy atom. The molecule has 1 saturated heterocycles. The van der Waals surface area contributed by atoms with Crippen LogP contribution in [-0.2, 0) is 4.74 Å². The first-order chi connectivity index (χ1) is 9.19. The number of rotatable bonds is 5. The van der Waals surface area contributed by atoms with Gasteiger partial charge >= 0.3 is 0 Å². The lowest BCUT2D eigenvalue weighted by Gasteiger charge is -2.36. The third-order valence-corrected chi connectivity index (χ3v) is 3.83. The van der Waals surface area contributed by atoms with E-state index >= 15 is 0 Å². The molecule has 2 rings (SSSR count). The summed E-state index contributed by atoms with van der Waals surface area (Å²) in [7, 11) is 1.80. The maximum atomic E-state index is 5.72. The van der Waals surface area contributed by atoms with E-state index in [1.165, 1.54) is 6.42 Å². The molecule has 1 aliphatic heterocycles. The zero-order valence-corrected chi connectivity index (χ0v) is 11.8. The van der Waals surface area contributed by atoms with Gasteiger partial charge in [0.15, 0.2) is 0 Å². The molecule has 0 amide bonds. The summed E-state index contributed by atoms with van der Waals surface area (Å²) in [5.74, 6) is 1.53. The number of nitrogens with zero attached hydrogens (tertiary/aromatic N) is 1. The van der Waals surface area contributed by atoms with Crippen molar-refractivity contribution in [3.8, 4) is 5.75 Å². The highest BCUT2D eigenvalue weighted by Gasteiger charge is 2.25. The van der Waals surface area contributed by atoms with Crippen LogP contribution in [-0.4, -0.2) is 44.4 Å². The highest BCUT2D eigenvalue weighted by Crippen LogP contribution is 2.19. The predicted molar refractivity (Wildman–Crippen MR) is 77.4 cm³/mol. The summed E-state index contributed by atoms with van der Waals surface area (Å²) in [4.78, 5) is 2.41. The maximum absolute atomic E-state index is 5.72. The van der Waals surface area contributed by atoms with Crippen LogP contribution in [0.25, 0.3) is 0 Å². The topological polar surface area (TPSA) is 47.7 Å². The van der Waals surface area contributed by atoms with E-state index in [1.807, 2.05) is 24.3 Å². The zero-order chi connectivity index (χ0) is 13.7. The number of hydrogen-bond acceptors (Lipinski definition) is 4. The number of nitrogens with two attached hydrogens (primary N) is 1. The van der Waals surface area contributed by atoms with Crippen LogP contribution in [0.5, 0.6) is 5.75 Å². The van der Waals surface area contributed by atoms with Crippen LogP contribution in [0.3, 0.4) is 0 Å². The molecule has 1 heterocycles. The van der Waals surface area contributed by atoms with Gasteiger partial charge in [0.2, 0.25) is 0 Å². The molecule has 1 fully saturated rings. The number of methoxy groups -OCH3 is 1. The molecule has 0 radical (unpaired) electrons. The second-order valence-corrected chi connectivity index (χ2v) is 5.26. The lowest BCUT2D eigenvalue weighted by Crippen LogP contribution is -2.45. The van der Waals surface area contributed by atoms with Gasteiger partial charge in [-0.3, -0.25) is 4.90 Å². The van der Waals surface area contributed by atoms with Gasteiger partial charge in [0.25, 0.3) is 0 Å². The molecule has 0 aliphatic carbocycles. The Morgan fingerprint density at radius 2 is 2.05 bits per heavy atom. The third kappa shape index (κ3) is 4.11. The van der Waals surface area contributed by atoms with Crippen LogP contribution in [0.2, 0.25) is 0 Å². The average Bonchev–Trinajstić information content (AvgIpc) is 2.43. The van der Waals surface area contributed by atoms with Crippen molar-refractivity contribution in [2.45, 2.75) is 19.4 Å². The minimum Gasteiger partial charge on any atom is -0.492 e. The van der Waals surface area contributed by atoms with E-state index in [2.05, 4.69) is 11.8 Å². The fraction of sp³-hybridized carbons (Fsp3) is 0.600. The summed E-state index contributed by atoms with van der Waals surface area (Å²) in [6, 6.07) is 7.54. The molecule has 1 aromatic carbocycles. The lowest BCUT2D eigenvalue weighted by molar-refractivity contribution is -0.00788. The summed E-state index contributed by atoms with van der Waals surface area (Å²) in [5.41, 5.74) is 6.40. The number of ether oxygens (including phenoxy) is 2. The summed E-state index contributed by atoms with van der Waals surface area (Å²) < 4.78 is 11.2. The van der Waals surface area contributed by atoms with Crippen molar-refractivity contribution in [3.05, 3.63) is 24.3 Å². The normalized spacial score (nSPS) is 24.3. The second kappa shape index (κ2) is 6.78. The summed E-state index contributed by atoms with van der Waals surface area (Å²) in [6.45, 7) is 6.04. The fourth-order valence-electron chi connectivity index (χ4n) is 2.46. The lowest BCUT2D eigenvalue weighted by atomic mass is 9.96. The molecule has 106 valence electrons. The average molecular weight is 264 g/mol. The molecule has 2 atom stereocenters. The monoisotopic (exact) mass is 264 g/mol. The standard InChI is InChI=1S/C15H24N2O2/c1-12-7-8-17(11-15(12)18-2)9-10-19-14-5-3-13(16)4-6-14/h3-6,12,15H,7-11,16H2,1-2H3. The Balaban J connectivity index is 1.72. The van der Waals surface area contributed by atoms with E-state index in [0.717, 1.165) is 31.1 Å². The van der Waals surface area contributed by atoms with Crippen LogP contribution in [0.1, 0.15) is 13.3 Å². The molecule has 2 unspecified atom stereocenters. The number of hydrogen-bond donors (Lipinski definition) is 1. The van der Waals surface area contributed by atoms with Crippen LogP contribution >= 0.6 is 0 Å². The Kier molecular flexibility index (Phi) is 5.05. The van der Waals surface area contributed by atoms with E-state index in [1.54, 1.807) is 7.11 Å². The van der Waals surface area contributed by atoms with Gasteiger partial charge in [-0.1, -0.05) is 6.92 Å². The molecular formula is C15H24N2O2. The summed E-state index contributed by atoms with van der Waals surface area (Å²) in [5, 5.41) is 0. The van der Waals surface area contributed by atoms with E-state index in [4.69, 9.17) is 15.2 Å². The van der Waals surface area contributed by atoms with Gasteiger partial charge in [-0.05, 0) is 43.1 Å². The molecule has 4 heteroatoms. The first kappa shape index (κ1) is 14.2. The van der Waals surface area contributed by atoms with Crippen molar-refractivity contribution in [2.75, 3.05) is 39.1 Å². The van der Waals surface area contributed by atoms with Crippen molar-refractivity contribution < 1.29 is 9.47 Å². The molecular weight excluding hydrogens is 240 g/mol. The number of anilines is 1. The predicted octanol–water partition coefficient (Wildman–Crippen LogP) is 2.00. The molecule has 1 aliphatic rings. The third-order valence-electron chi connectivity index (χ3n) is 3.83.